The van der Waals surface area contributed by atoms with Gasteiger partial charge >= 0.3 is 0 Å². The quantitative estimate of drug-likeness (QED) is 0.261. The number of benzene rings is 2. The molecule has 0 saturated heterocycles. The first-order valence-corrected chi connectivity index (χ1v) is 11.0. The predicted molar refractivity (Wildman–Crippen MR) is 125 cm³/mol. The highest BCUT2D eigenvalue weighted by molar-refractivity contribution is 14.1. The summed E-state index contributed by atoms with van der Waals surface area (Å²) in [6, 6.07) is 17.6. The van der Waals surface area contributed by atoms with Crippen molar-refractivity contribution in [3.8, 4) is 0 Å². The van der Waals surface area contributed by atoms with Gasteiger partial charge in [0.1, 0.15) is 0 Å². The van der Waals surface area contributed by atoms with Crippen molar-refractivity contribution in [3.63, 3.8) is 0 Å². The fraction of sp³-hybridized carbons (Fsp3) is 0.0952. The molecule has 0 fully saturated rings. The van der Waals surface area contributed by atoms with Crippen molar-refractivity contribution in [3.05, 3.63) is 92.4 Å². The topological polar surface area (TPSA) is 70.7 Å². The maximum atomic E-state index is 11.3. The maximum absolute atomic E-state index is 11.3. The van der Waals surface area contributed by atoms with E-state index in [0.29, 0.717) is 6.42 Å². The predicted octanol–water partition coefficient (Wildman–Crippen LogP) is 5.35. The molecule has 0 atom stereocenters. The van der Waals surface area contributed by atoms with Crippen LogP contribution >= 0.6 is 38.5 Å². The first-order valence-electron chi connectivity index (χ1n) is 8.67. The normalized spacial score (nSPS) is 10.9. The second kappa shape index (κ2) is 8.40. The van der Waals surface area contributed by atoms with Gasteiger partial charge in [0, 0.05) is 44.0 Å². The van der Waals surface area contributed by atoms with E-state index in [0.717, 1.165) is 42.4 Å². The molecule has 2 N–H and O–H groups in total. The second-order valence-corrected chi connectivity index (χ2v) is 7.96. The van der Waals surface area contributed by atoms with Gasteiger partial charge in [0.25, 0.3) is 0 Å². The molecule has 0 spiro atoms. The summed E-state index contributed by atoms with van der Waals surface area (Å²) < 4.78 is 2.01. The van der Waals surface area contributed by atoms with Gasteiger partial charge in [-0.25, -0.2) is 0 Å². The molecule has 2 aromatic heterocycles. The zero-order chi connectivity index (χ0) is 19.5. The average Bonchev–Trinajstić information content (AvgIpc) is 2.71. The summed E-state index contributed by atoms with van der Waals surface area (Å²) >= 11 is 5.97. The van der Waals surface area contributed by atoms with Crippen LogP contribution < -0.4 is 10.9 Å². The molecule has 2 heterocycles. The van der Waals surface area contributed by atoms with Crippen molar-refractivity contribution in [2.24, 2.45) is 0 Å². The Balaban J connectivity index is 1.70. The van der Waals surface area contributed by atoms with E-state index in [4.69, 9.17) is 0 Å². The van der Waals surface area contributed by atoms with Gasteiger partial charge in [-0.1, -0.05) is 74.9 Å². The van der Waals surface area contributed by atoms with Crippen molar-refractivity contribution < 1.29 is 0 Å². The number of aromatic amines is 1. The van der Waals surface area contributed by atoms with Crippen LogP contribution in [0, 0.1) is 0 Å². The zero-order valence-electron chi connectivity index (χ0n) is 14.7. The van der Waals surface area contributed by atoms with Gasteiger partial charge in [0.05, 0.1) is 5.69 Å². The molecule has 0 saturated carbocycles. The monoisotopic (exact) mass is 546 g/mol. The molecule has 4 rings (SSSR count). The Hall–Kier alpha value is -2.26. The molecule has 4 aromatic rings. The second-order valence-electron chi connectivity index (χ2n) is 6.34. The van der Waals surface area contributed by atoms with Crippen LogP contribution in [0.3, 0.4) is 0 Å². The molecule has 0 bridgehead atoms. The van der Waals surface area contributed by atoms with E-state index >= 15 is 0 Å². The first-order chi connectivity index (χ1) is 13.6. The Labute approximate surface area is 183 Å². The average molecular weight is 547 g/mol. The number of fused-ring (bicyclic) bond motifs is 1. The molecule has 5 nitrogen and oxygen atoms in total. The molecule has 0 aliphatic carbocycles. The van der Waals surface area contributed by atoms with Gasteiger partial charge in [0.15, 0.2) is 5.82 Å². The molecule has 0 unspecified atom stereocenters. The lowest BCUT2D eigenvalue weighted by atomic mass is 10.1. The smallest absolute Gasteiger partial charge is 0.247 e. The highest BCUT2D eigenvalue weighted by Crippen LogP contribution is 2.29. The number of rotatable bonds is 5. The Bertz CT molecular complexity index is 1190. The maximum Gasteiger partial charge on any atom is 0.247 e. The fourth-order valence-corrected chi connectivity index (χ4v) is 4.71. The lowest BCUT2D eigenvalue weighted by molar-refractivity contribution is 0.956. The van der Waals surface area contributed by atoms with Gasteiger partial charge in [-0.05, 0) is 23.3 Å². The van der Waals surface area contributed by atoms with E-state index in [1.165, 1.54) is 11.6 Å². The first kappa shape index (κ1) is 19.1. The van der Waals surface area contributed by atoms with E-state index in [-0.39, 0.29) is 5.56 Å². The summed E-state index contributed by atoms with van der Waals surface area (Å²) in [5.74, 6) is 0.718. The number of anilines is 2. The van der Waals surface area contributed by atoms with E-state index in [9.17, 15) is 4.79 Å². The minimum Gasteiger partial charge on any atom is -0.338 e. The molecule has 7 heteroatoms. The van der Waals surface area contributed by atoms with Crippen molar-refractivity contribution in [1.29, 1.82) is 0 Å². The van der Waals surface area contributed by atoms with Gasteiger partial charge in [-0.3, -0.25) is 4.79 Å². The summed E-state index contributed by atoms with van der Waals surface area (Å²) in [7, 11) is 0. The summed E-state index contributed by atoms with van der Waals surface area (Å²) in [6.45, 7) is 0. The summed E-state index contributed by atoms with van der Waals surface area (Å²) in [6.07, 6.45) is 2.32. The molecular weight excluding hydrogens is 531 g/mol. The van der Waals surface area contributed by atoms with Crippen molar-refractivity contribution in [2.45, 2.75) is 10.8 Å². The molecule has 0 radical (unpaired) electrons. The van der Waals surface area contributed by atoms with Gasteiger partial charge in [-0.2, -0.15) is 5.10 Å². The third-order valence-corrected chi connectivity index (χ3v) is 6.00. The Kier molecular flexibility index (Phi) is 5.72. The van der Waals surface area contributed by atoms with Gasteiger partial charge in [0.2, 0.25) is 5.56 Å². The van der Waals surface area contributed by atoms with Crippen LogP contribution in [-0.2, 0) is 10.8 Å². The molecular formula is C21H16BrIN4O. The van der Waals surface area contributed by atoms with Crippen molar-refractivity contribution in [2.75, 3.05) is 5.32 Å². The van der Waals surface area contributed by atoms with Crippen LogP contribution in [0.25, 0.3) is 10.8 Å². The number of aromatic nitrogens is 3. The molecule has 28 heavy (non-hydrogen) atoms. The van der Waals surface area contributed by atoms with Crippen LogP contribution in [0.5, 0.6) is 0 Å². The van der Waals surface area contributed by atoms with Crippen LogP contribution in [-0.4, -0.2) is 15.2 Å². The molecule has 0 aliphatic heterocycles. The summed E-state index contributed by atoms with van der Waals surface area (Å²) in [5, 5.41) is 14.3. The van der Waals surface area contributed by atoms with Gasteiger partial charge < -0.3 is 10.3 Å². The van der Waals surface area contributed by atoms with E-state index in [2.05, 4.69) is 71.2 Å². The lowest BCUT2D eigenvalue weighted by Crippen LogP contribution is -2.05. The number of nitrogens with one attached hydrogen (secondary N) is 2. The number of nitrogens with zero attached hydrogens (tertiary/aromatic N) is 2. The summed E-state index contributed by atoms with van der Waals surface area (Å²) in [5.41, 5.74) is 3.94. The number of halogens is 2. The SMILES string of the molecule is O=c1ccc(Cc2nnc(Nc3ccc(CI)c(Br)c3)c3ccccc23)c[nH]1. The van der Waals surface area contributed by atoms with Crippen LogP contribution in [0.15, 0.2) is 70.1 Å². The molecule has 140 valence electrons. The fourth-order valence-electron chi connectivity index (χ4n) is 3.00. The number of hydrogen-bond acceptors (Lipinski definition) is 4. The number of H-pyrrole nitrogens is 1. The number of pyridine rings is 1. The van der Waals surface area contributed by atoms with Crippen molar-refractivity contribution in [1.82, 2.24) is 15.2 Å². The summed E-state index contributed by atoms with van der Waals surface area (Å²) in [4.78, 5) is 14.0. The lowest BCUT2D eigenvalue weighted by Gasteiger charge is -2.12. The minimum absolute atomic E-state index is 0.112. The van der Waals surface area contributed by atoms with Crippen LogP contribution in [0.4, 0.5) is 11.5 Å². The molecule has 0 amide bonds. The van der Waals surface area contributed by atoms with E-state index < -0.39 is 0 Å². The van der Waals surface area contributed by atoms with Crippen molar-refractivity contribution >= 4 is 60.8 Å². The van der Waals surface area contributed by atoms with E-state index in [1.54, 1.807) is 6.20 Å². The van der Waals surface area contributed by atoms with Gasteiger partial charge in [-0.15, -0.1) is 5.10 Å². The Morgan fingerprint density at radius 3 is 2.57 bits per heavy atom. The number of hydrogen-bond donors (Lipinski definition) is 2. The standard InChI is InChI=1S/C21H16BrIN4O/c22-18-10-15(7-6-14(18)11-23)25-21-17-4-2-1-3-16(17)19(26-27-21)9-13-5-8-20(28)24-12-13/h1-8,10,12H,9,11H2,(H,24,28)(H,25,27). The Morgan fingerprint density at radius 2 is 1.86 bits per heavy atom. The highest BCUT2D eigenvalue weighted by atomic mass is 127. The van der Waals surface area contributed by atoms with Crippen LogP contribution in [0.2, 0.25) is 0 Å². The highest BCUT2D eigenvalue weighted by Gasteiger charge is 2.11. The Morgan fingerprint density at radius 1 is 1.04 bits per heavy atom. The third-order valence-electron chi connectivity index (χ3n) is 4.44. The zero-order valence-corrected chi connectivity index (χ0v) is 18.5. The number of alkyl halides is 1. The molecule has 0 aliphatic rings. The molecule has 2 aromatic carbocycles. The largest absolute Gasteiger partial charge is 0.338 e. The van der Waals surface area contributed by atoms with E-state index in [1.807, 2.05) is 36.4 Å². The minimum atomic E-state index is -0.112. The van der Waals surface area contributed by atoms with Crippen LogP contribution in [0.1, 0.15) is 16.8 Å². The third kappa shape index (κ3) is 4.10.